The Morgan fingerprint density at radius 1 is 1.27 bits per heavy atom. The number of rotatable bonds is 6. The number of nitrogens with one attached hydrogen (secondary N) is 1. The molecule has 0 bridgehead atoms. The van der Waals surface area contributed by atoms with Gasteiger partial charge in [0.25, 0.3) is 5.56 Å². The van der Waals surface area contributed by atoms with Crippen molar-refractivity contribution in [1.29, 1.82) is 0 Å². The smallest absolute Gasteiger partial charge is 0.350 e. The highest BCUT2D eigenvalue weighted by molar-refractivity contribution is 7.17. The first-order valence-corrected chi connectivity index (χ1v) is 10.2. The number of anilines is 1. The average Bonchev–Trinajstić information content (AvgIpc) is 3.04. The topological polar surface area (TPSA) is 99.5 Å². The number of ether oxygens (including phenoxy) is 2. The maximum atomic E-state index is 12.7. The molecule has 8 nitrogen and oxygen atoms in total. The van der Waals surface area contributed by atoms with Crippen LogP contribution in [0.2, 0.25) is 0 Å². The molecular weight excluding hydrogens is 406 g/mol. The van der Waals surface area contributed by atoms with Crippen molar-refractivity contribution in [1.82, 2.24) is 9.55 Å². The predicted octanol–water partition coefficient (Wildman–Crippen LogP) is 3.29. The number of hydrogen-bond acceptors (Lipinski definition) is 7. The van der Waals surface area contributed by atoms with E-state index >= 15 is 0 Å². The second kappa shape index (κ2) is 8.66. The Hall–Kier alpha value is -3.20. The Labute approximate surface area is 177 Å². The molecule has 2 heterocycles. The average molecular weight is 429 g/mol. The molecule has 158 valence electrons. The maximum absolute atomic E-state index is 12.7. The Balaban J connectivity index is 1.88. The van der Waals surface area contributed by atoms with Crippen molar-refractivity contribution < 1.29 is 19.1 Å². The molecule has 1 aromatic carbocycles. The van der Waals surface area contributed by atoms with Gasteiger partial charge < -0.3 is 14.8 Å². The molecule has 1 amide bonds. The van der Waals surface area contributed by atoms with E-state index in [0.717, 1.165) is 22.3 Å². The Kier molecular flexibility index (Phi) is 6.21. The summed E-state index contributed by atoms with van der Waals surface area (Å²) in [6, 6.07) is 6.94. The van der Waals surface area contributed by atoms with Crippen molar-refractivity contribution in [2.75, 3.05) is 12.4 Å². The molecule has 0 saturated carbocycles. The van der Waals surface area contributed by atoms with Crippen LogP contribution in [0, 0.1) is 13.8 Å². The van der Waals surface area contributed by atoms with E-state index in [0.29, 0.717) is 21.8 Å². The van der Waals surface area contributed by atoms with Gasteiger partial charge in [0.2, 0.25) is 5.91 Å². The van der Waals surface area contributed by atoms with Crippen LogP contribution in [0.5, 0.6) is 5.75 Å². The fraction of sp³-hybridized carbons (Fsp3) is 0.333. The Morgan fingerprint density at radius 3 is 2.67 bits per heavy atom. The number of fused-ring (bicyclic) bond motifs is 1. The van der Waals surface area contributed by atoms with Gasteiger partial charge in [0.1, 0.15) is 17.2 Å². The van der Waals surface area contributed by atoms with E-state index in [2.05, 4.69) is 10.3 Å². The van der Waals surface area contributed by atoms with Gasteiger partial charge in [-0.2, -0.15) is 0 Å². The largest absolute Gasteiger partial charge is 0.495 e. The van der Waals surface area contributed by atoms with Crippen molar-refractivity contribution in [3.05, 3.63) is 50.8 Å². The van der Waals surface area contributed by atoms with E-state index < -0.39 is 11.9 Å². The van der Waals surface area contributed by atoms with Gasteiger partial charge in [0.15, 0.2) is 5.13 Å². The predicted molar refractivity (Wildman–Crippen MR) is 116 cm³/mol. The zero-order valence-electron chi connectivity index (χ0n) is 17.4. The van der Waals surface area contributed by atoms with Crippen LogP contribution in [-0.2, 0) is 16.1 Å². The lowest BCUT2D eigenvalue weighted by atomic mass is 10.1. The van der Waals surface area contributed by atoms with Crippen LogP contribution in [0.3, 0.4) is 0 Å². The molecule has 0 aliphatic carbocycles. The number of carbonyl (C=O) groups is 2. The summed E-state index contributed by atoms with van der Waals surface area (Å²) in [5, 5.41) is 3.76. The van der Waals surface area contributed by atoms with E-state index in [1.54, 1.807) is 26.8 Å². The number of esters is 1. The van der Waals surface area contributed by atoms with Crippen molar-refractivity contribution in [3.63, 3.8) is 0 Å². The normalized spacial score (nSPS) is 11.0. The summed E-state index contributed by atoms with van der Waals surface area (Å²) < 4.78 is 12.0. The minimum atomic E-state index is -0.481. The van der Waals surface area contributed by atoms with Crippen molar-refractivity contribution in [2.24, 2.45) is 0 Å². The second-order valence-electron chi connectivity index (χ2n) is 7.04. The third-order valence-electron chi connectivity index (χ3n) is 4.39. The SMILES string of the molecule is COc1cccc2c(C)cc(=O)n(CC(=O)Nc3nc(C)c(C(=O)OC(C)C)s3)c12. The number of aryl methyl sites for hydroxylation is 2. The summed E-state index contributed by atoms with van der Waals surface area (Å²) in [4.78, 5) is 42.0. The van der Waals surface area contributed by atoms with Crippen molar-refractivity contribution in [2.45, 2.75) is 40.3 Å². The van der Waals surface area contributed by atoms with Gasteiger partial charge in [-0.15, -0.1) is 0 Å². The number of aromatic nitrogens is 2. The fourth-order valence-electron chi connectivity index (χ4n) is 3.10. The van der Waals surface area contributed by atoms with Crippen LogP contribution < -0.4 is 15.6 Å². The number of carbonyl (C=O) groups excluding carboxylic acids is 2. The summed E-state index contributed by atoms with van der Waals surface area (Å²) >= 11 is 1.04. The van der Waals surface area contributed by atoms with E-state index in [-0.39, 0.29) is 23.3 Å². The monoisotopic (exact) mass is 429 g/mol. The first-order chi connectivity index (χ1) is 14.2. The lowest BCUT2D eigenvalue weighted by Gasteiger charge is -2.14. The third-order valence-corrected chi connectivity index (χ3v) is 5.45. The number of hydrogen-bond donors (Lipinski definition) is 1. The number of pyridine rings is 1. The molecule has 3 rings (SSSR count). The summed E-state index contributed by atoms with van der Waals surface area (Å²) in [5.74, 6) is -0.415. The van der Waals surface area contributed by atoms with Crippen LogP contribution in [-0.4, -0.2) is 34.6 Å². The number of nitrogens with zero attached hydrogens (tertiary/aromatic N) is 2. The lowest BCUT2D eigenvalue weighted by molar-refractivity contribution is -0.116. The van der Waals surface area contributed by atoms with Crippen molar-refractivity contribution >= 4 is 39.2 Å². The maximum Gasteiger partial charge on any atom is 0.350 e. The van der Waals surface area contributed by atoms with Gasteiger partial charge in [0, 0.05) is 11.5 Å². The molecule has 0 spiro atoms. The zero-order chi connectivity index (χ0) is 22.0. The first-order valence-electron chi connectivity index (χ1n) is 9.36. The first kappa shape index (κ1) is 21.5. The highest BCUT2D eigenvalue weighted by atomic mass is 32.1. The van der Waals surface area contributed by atoms with E-state index in [9.17, 15) is 14.4 Å². The van der Waals surface area contributed by atoms with Crippen LogP contribution in [0.25, 0.3) is 10.9 Å². The molecule has 0 saturated heterocycles. The standard InChI is InChI=1S/C21H23N3O5S/c1-11(2)29-20(27)19-13(4)22-21(30-19)23-16(25)10-24-17(26)9-12(3)14-7-6-8-15(28-5)18(14)24/h6-9,11H,10H2,1-5H3,(H,22,23,25). The molecule has 3 aromatic rings. The van der Waals surface area contributed by atoms with E-state index in [1.165, 1.54) is 17.7 Å². The van der Waals surface area contributed by atoms with Gasteiger partial charge in [-0.1, -0.05) is 23.5 Å². The summed E-state index contributed by atoms with van der Waals surface area (Å²) in [6.45, 7) is 6.81. The van der Waals surface area contributed by atoms with Gasteiger partial charge >= 0.3 is 5.97 Å². The number of methoxy groups -OCH3 is 1. The van der Waals surface area contributed by atoms with Gasteiger partial charge in [0.05, 0.1) is 24.4 Å². The van der Waals surface area contributed by atoms with Crippen LogP contribution >= 0.6 is 11.3 Å². The van der Waals surface area contributed by atoms with Gasteiger partial charge in [-0.3, -0.25) is 14.2 Å². The highest BCUT2D eigenvalue weighted by Gasteiger charge is 2.20. The molecule has 1 N–H and O–H groups in total. The molecule has 2 aromatic heterocycles. The molecular formula is C21H23N3O5S. The van der Waals surface area contributed by atoms with E-state index in [1.807, 2.05) is 19.1 Å². The lowest BCUT2D eigenvalue weighted by Crippen LogP contribution is -2.28. The minimum Gasteiger partial charge on any atom is -0.495 e. The third kappa shape index (κ3) is 4.35. The second-order valence-corrected chi connectivity index (χ2v) is 8.04. The highest BCUT2D eigenvalue weighted by Crippen LogP contribution is 2.27. The zero-order valence-corrected chi connectivity index (χ0v) is 18.3. The molecule has 0 aliphatic rings. The quantitative estimate of drug-likeness (QED) is 0.604. The van der Waals surface area contributed by atoms with Crippen LogP contribution in [0.1, 0.15) is 34.8 Å². The fourth-order valence-corrected chi connectivity index (χ4v) is 3.97. The van der Waals surface area contributed by atoms with Gasteiger partial charge in [-0.05, 0) is 39.3 Å². The molecule has 0 aliphatic heterocycles. The summed E-state index contributed by atoms with van der Waals surface area (Å²) in [7, 11) is 1.52. The number of benzene rings is 1. The number of amides is 1. The van der Waals surface area contributed by atoms with E-state index in [4.69, 9.17) is 9.47 Å². The van der Waals surface area contributed by atoms with Crippen LogP contribution in [0.15, 0.2) is 29.1 Å². The molecule has 30 heavy (non-hydrogen) atoms. The Morgan fingerprint density at radius 2 is 2.00 bits per heavy atom. The molecule has 0 fully saturated rings. The van der Waals surface area contributed by atoms with Crippen LogP contribution in [0.4, 0.5) is 5.13 Å². The van der Waals surface area contributed by atoms with Crippen molar-refractivity contribution in [3.8, 4) is 5.75 Å². The molecule has 0 unspecified atom stereocenters. The summed E-state index contributed by atoms with van der Waals surface area (Å²) in [6.07, 6.45) is -0.256. The Bertz CT molecular complexity index is 1180. The minimum absolute atomic E-state index is 0.222. The number of para-hydroxylation sites is 1. The van der Waals surface area contributed by atoms with Gasteiger partial charge in [-0.25, -0.2) is 9.78 Å². The molecule has 9 heteroatoms. The summed E-state index contributed by atoms with van der Waals surface area (Å²) in [5.41, 5.74) is 1.52. The molecule has 0 radical (unpaired) electrons. The number of thiazole rings is 1. The molecule has 0 atom stereocenters.